The van der Waals surface area contributed by atoms with E-state index in [9.17, 15) is 4.79 Å². The highest BCUT2D eigenvalue weighted by Crippen LogP contribution is 2.20. The summed E-state index contributed by atoms with van der Waals surface area (Å²) in [5.41, 5.74) is 6.59. The molecule has 1 aromatic rings. The number of aromatic nitrogens is 1. The summed E-state index contributed by atoms with van der Waals surface area (Å²) in [7, 11) is 1.33. The number of carbonyl (C=O) groups excluding carboxylic acids is 1. The average Bonchev–Trinajstić information content (AvgIpc) is 2.48. The number of esters is 1. The van der Waals surface area contributed by atoms with Crippen molar-refractivity contribution < 1.29 is 9.53 Å². The van der Waals surface area contributed by atoms with Gasteiger partial charge in [0.1, 0.15) is 5.82 Å². The van der Waals surface area contributed by atoms with Crippen LogP contribution in [0.5, 0.6) is 0 Å². The quantitative estimate of drug-likeness (QED) is 0.556. The van der Waals surface area contributed by atoms with Gasteiger partial charge in [-0.05, 0) is 32.1 Å². The minimum Gasteiger partial charge on any atom is -0.465 e. The van der Waals surface area contributed by atoms with Gasteiger partial charge < -0.3 is 20.7 Å². The third-order valence-corrected chi connectivity index (χ3v) is 3.23. The Morgan fingerprint density at radius 3 is 2.75 bits per heavy atom. The summed E-state index contributed by atoms with van der Waals surface area (Å²) in [5.74, 6) is 0.0866. The molecule has 1 rings (SSSR count). The molecule has 0 unspecified atom stereocenters. The summed E-state index contributed by atoms with van der Waals surface area (Å²) in [5, 5.41) is 3.17. The first-order valence-corrected chi connectivity index (χ1v) is 6.93. The summed E-state index contributed by atoms with van der Waals surface area (Å²) >= 11 is 0. The lowest BCUT2D eigenvalue weighted by molar-refractivity contribution is 0.0602. The molecular weight excluding hydrogens is 256 g/mol. The van der Waals surface area contributed by atoms with Gasteiger partial charge in [0.05, 0.1) is 18.4 Å². The minimum atomic E-state index is -0.448. The van der Waals surface area contributed by atoms with Gasteiger partial charge in [-0.25, -0.2) is 9.78 Å². The van der Waals surface area contributed by atoms with E-state index < -0.39 is 5.97 Å². The molecule has 0 atom stereocenters. The maximum absolute atomic E-state index is 11.5. The van der Waals surface area contributed by atoms with Crippen LogP contribution in [-0.2, 0) is 4.74 Å². The van der Waals surface area contributed by atoms with E-state index >= 15 is 0 Å². The number of nitrogens with zero attached hydrogens (tertiary/aromatic N) is 2. The Balaban J connectivity index is 2.54. The molecule has 0 bridgehead atoms. The molecule has 1 aromatic heterocycles. The van der Waals surface area contributed by atoms with Gasteiger partial charge in [-0.15, -0.1) is 0 Å². The highest BCUT2D eigenvalue weighted by Gasteiger charge is 2.13. The Hall–Kier alpha value is -1.82. The number of methoxy groups -OCH3 is 1. The van der Waals surface area contributed by atoms with Gasteiger partial charge in [-0.3, -0.25) is 0 Å². The first kappa shape index (κ1) is 16.2. The molecule has 20 heavy (non-hydrogen) atoms. The lowest BCUT2D eigenvalue weighted by Gasteiger charge is -2.18. The number of hydrogen-bond donors (Lipinski definition) is 2. The molecule has 0 amide bonds. The predicted molar refractivity (Wildman–Crippen MR) is 80.9 cm³/mol. The van der Waals surface area contributed by atoms with Crippen molar-refractivity contribution in [2.45, 2.75) is 20.3 Å². The number of anilines is 2. The monoisotopic (exact) mass is 280 g/mol. The lowest BCUT2D eigenvalue weighted by atomic mass is 10.2. The van der Waals surface area contributed by atoms with E-state index in [0.717, 1.165) is 32.6 Å². The molecule has 3 N–H and O–H groups in total. The highest BCUT2D eigenvalue weighted by molar-refractivity contribution is 5.97. The van der Waals surface area contributed by atoms with Crippen molar-refractivity contribution in [2.24, 2.45) is 0 Å². The molecule has 0 aliphatic carbocycles. The average molecular weight is 280 g/mol. The standard InChI is InChI=1S/C14H24N4O2/c1-4-18(5-2)10-6-8-16-13-12(15)11(7-9-17-13)14(19)20-3/h7,9H,4-6,8,10,15H2,1-3H3,(H,16,17). The fourth-order valence-corrected chi connectivity index (χ4v) is 1.95. The summed E-state index contributed by atoms with van der Waals surface area (Å²) < 4.78 is 4.68. The van der Waals surface area contributed by atoms with Crippen molar-refractivity contribution in [3.63, 3.8) is 0 Å². The van der Waals surface area contributed by atoms with Crippen LogP contribution < -0.4 is 11.1 Å². The van der Waals surface area contributed by atoms with E-state index in [1.54, 1.807) is 12.3 Å². The second kappa shape index (κ2) is 8.37. The van der Waals surface area contributed by atoms with Crippen LogP contribution in [0.3, 0.4) is 0 Å². The molecule has 0 aliphatic heterocycles. The maximum atomic E-state index is 11.5. The van der Waals surface area contributed by atoms with E-state index in [1.807, 2.05) is 0 Å². The molecule has 1 heterocycles. The Bertz CT molecular complexity index is 433. The van der Waals surface area contributed by atoms with Crippen LogP contribution in [0.2, 0.25) is 0 Å². The zero-order chi connectivity index (χ0) is 15.0. The molecule has 6 nitrogen and oxygen atoms in total. The Kier molecular flexibility index (Phi) is 6.79. The smallest absolute Gasteiger partial charge is 0.340 e. The number of ether oxygens (including phenoxy) is 1. The van der Waals surface area contributed by atoms with Gasteiger partial charge in [0, 0.05) is 12.7 Å². The van der Waals surface area contributed by atoms with Crippen LogP contribution in [0, 0.1) is 0 Å². The van der Waals surface area contributed by atoms with Crippen LogP contribution >= 0.6 is 0 Å². The second-order valence-electron chi connectivity index (χ2n) is 4.42. The van der Waals surface area contributed by atoms with Crippen molar-refractivity contribution in [1.29, 1.82) is 0 Å². The van der Waals surface area contributed by atoms with Gasteiger partial charge in [0.2, 0.25) is 0 Å². The van der Waals surface area contributed by atoms with Crippen LogP contribution in [0.1, 0.15) is 30.6 Å². The topological polar surface area (TPSA) is 80.5 Å². The number of nitrogens with one attached hydrogen (secondary N) is 1. The number of hydrogen-bond acceptors (Lipinski definition) is 6. The van der Waals surface area contributed by atoms with E-state index in [1.165, 1.54) is 7.11 Å². The van der Waals surface area contributed by atoms with E-state index in [0.29, 0.717) is 17.1 Å². The first-order valence-electron chi connectivity index (χ1n) is 6.93. The summed E-state index contributed by atoms with van der Waals surface area (Å²) in [6, 6.07) is 1.56. The molecule has 0 aromatic carbocycles. The normalized spacial score (nSPS) is 10.6. The second-order valence-corrected chi connectivity index (χ2v) is 4.42. The van der Waals surface area contributed by atoms with Crippen LogP contribution in [0.25, 0.3) is 0 Å². The molecule has 112 valence electrons. The largest absolute Gasteiger partial charge is 0.465 e. The van der Waals surface area contributed by atoms with E-state index in [-0.39, 0.29) is 0 Å². The Morgan fingerprint density at radius 2 is 2.15 bits per heavy atom. The fourth-order valence-electron chi connectivity index (χ4n) is 1.95. The van der Waals surface area contributed by atoms with Crippen molar-refractivity contribution >= 4 is 17.5 Å². The van der Waals surface area contributed by atoms with E-state index in [4.69, 9.17) is 5.73 Å². The molecule has 0 fully saturated rings. The molecule has 0 saturated heterocycles. The summed E-state index contributed by atoms with van der Waals surface area (Å²) in [4.78, 5) is 18.0. The van der Waals surface area contributed by atoms with Crippen molar-refractivity contribution in [1.82, 2.24) is 9.88 Å². The van der Waals surface area contributed by atoms with Crippen molar-refractivity contribution in [3.05, 3.63) is 17.8 Å². The molecule has 0 radical (unpaired) electrons. The first-order chi connectivity index (χ1) is 9.63. The van der Waals surface area contributed by atoms with E-state index in [2.05, 4.69) is 33.8 Å². The number of nitrogen functional groups attached to an aromatic ring is 1. The van der Waals surface area contributed by atoms with Gasteiger partial charge in [0.25, 0.3) is 0 Å². The zero-order valence-electron chi connectivity index (χ0n) is 12.5. The molecule has 0 spiro atoms. The number of carbonyl (C=O) groups is 1. The van der Waals surface area contributed by atoms with Crippen molar-refractivity contribution in [3.8, 4) is 0 Å². The van der Waals surface area contributed by atoms with Crippen LogP contribution in [0.4, 0.5) is 11.5 Å². The van der Waals surface area contributed by atoms with Gasteiger partial charge >= 0.3 is 5.97 Å². The lowest BCUT2D eigenvalue weighted by Crippen LogP contribution is -2.25. The summed E-state index contributed by atoms with van der Waals surface area (Å²) in [6.45, 7) is 8.19. The van der Waals surface area contributed by atoms with Crippen LogP contribution in [0.15, 0.2) is 12.3 Å². The SMILES string of the molecule is CCN(CC)CCCNc1nccc(C(=O)OC)c1N. The van der Waals surface area contributed by atoms with Gasteiger partial charge in [0.15, 0.2) is 0 Å². The number of nitrogens with two attached hydrogens (primary N) is 1. The minimum absolute atomic E-state index is 0.335. The molecule has 0 aliphatic rings. The number of rotatable bonds is 8. The highest BCUT2D eigenvalue weighted by atomic mass is 16.5. The molecule has 6 heteroatoms. The number of pyridine rings is 1. The fraction of sp³-hybridized carbons (Fsp3) is 0.571. The zero-order valence-corrected chi connectivity index (χ0v) is 12.5. The summed E-state index contributed by atoms with van der Waals surface area (Å²) in [6.07, 6.45) is 2.54. The predicted octanol–water partition coefficient (Wildman–Crippen LogP) is 1.59. The maximum Gasteiger partial charge on any atom is 0.340 e. The third kappa shape index (κ3) is 4.38. The van der Waals surface area contributed by atoms with Gasteiger partial charge in [-0.1, -0.05) is 13.8 Å². The van der Waals surface area contributed by atoms with Gasteiger partial charge in [-0.2, -0.15) is 0 Å². The van der Waals surface area contributed by atoms with Crippen LogP contribution in [-0.4, -0.2) is 49.1 Å². The third-order valence-electron chi connectivity index (χ3n) is 3.23. The molecule has 0 saturated carbocycles. The Labute approximate surface area is 120 Å². The Morgan fingerprint density at radius 1 is 1.45 bits per heavy atom. The molecular formula is C14H24N4O2. The van der Waals surface area contributed by atoms with Crippen molar-refractivity contribution in [2.75, 3.05) is 44.3 Å².